The molecule has 4 rings (SSSR count). The zero-order chi connectivity index (χ0) is 21.1. The van der Waals surface area contributed by atoms with Crippen LogP contribution in [-0.2, 0) is 21.4 Å². The lowest BCUT2D eigenvalue weighted by atomic mass is 10.2. The second kappa shape index (κ2) is 8.15. The molecule has 1 unspecified atom stereocenters. The summed E-state index contributed by atoms with van der Waals surface area (Å²) in [7, 11) is -3.50. The second-order valence-corrected chi connectivity index (χ2v) is 8.70. The SMILES string of the molecule is CS(=O)(=O)N1CCC(C(=O)NCc2nc(-c3ccccc3)no2)Oc2ccccc21. The maximum atomic E-state index is 12.7. The van der Waals surface area contributed by atoms with Gasteiger partial charge in [-0.15, -0.1) is 0 Å². The van der Waals surface area contributed by atoms with Crippen LogP contribution in [0.3, 0.4) is 0 Å². The van der Waals surface area contributed by atoms with E-state index < -0.39 is 16.1 Å². The molecule has 0 saturated carbocycles. The number of fused-ring (bicyclic) bond motifs is 1. The van der Waals surface area contributed by atoms with Crippen molar-refractivity contribution < 1.29 is 22.5 Å². The zero-order valence-corrected chi connectivity index (χ0v) is 17.0. The molecule has 10 heteroatoms. The van der Waals surface area contributed by atoms with Gasteiger partial charge in [-0.3, -0.25) is 9.10 Å². The van der Waals surface area contributed by atoms with Crippen LogP contribution in [0.15, 0.2) is 59.1 Å². The summed E-state index contributed by atoms with van der Waals surface area (Å²) >= 11 is 0. The summed E-state index contributed by atoms with van der Waals surface area (Å²) in [4.78, 5) is 16.9. The minimum Gasteiger partial charge on any atom is -0.478 e. The van der Waals surface area contributed by atoms with Crippen molar-refractivity contribution in [3.05, 3.63) is 60.5 Å². The number of hydrogen-bond acceptors (Lipinski definition) is 7. The highest BCUT2D eigenvalue weighted by molar-refractivity contribution is 7.92. The number of carbonyl (C=O) groups is 1. The van der Waals surface area contributed by atoms with Crippen LogP contribution in [0.4, 0.5) is 5.69 Å². The van der Waals surface area contributed by atoms with Gasteiger partial charge in [-0.2, -0.15) is 4.98 Å². The number of hydrogen-bond donors (Lipinski definition) is 1. The van der Waals surface area contributed by atoms with Crippen LogP contribution in [-0.4, -0.2) is 43.4 Å². The molecule has 0 fully saturated rings. The molecular weight excluding hydrogens is 408 g/mol. The molecule has 0 aliphatic carbocycles. The van der Waals surface area contributed by atoms with Crippen molar-refractivity contribution in [1.29, 1.82) is 0 Å². The Kier molecular flexibility index (Phi) is 5.40. The van der Waals surface area contributed by atoms with Crippen LogP contribution in [0.25, 0.3) is 11.4 Å². The molecular formula is C20H20N4O5S. The number of para-hydroxylation sites is 2. The molecule has 9 nitrogen and oxygen atoms in total. The lowest BCUT2D eigenvalue weighted by Crippen LogP contribution is -2.39. The molecule has 1 N–H and O–H groups in total. The number of aromatic nitrogens is 2. The normalized spacial score (nSPS) is 16.3. The number of nitrogens with one attached hydrogen (secondary N) is 1. The molecule has 0 saturated heterocycles. The summed E-state index contributed by atoms with van der Waals surface area (Å²) in [6.07, 6.45) is 0.478. The summed E-state index contributed by atoms with van der Waals surface area (Å²) in [5, 5.41) is 6.63. The highest BCUT2D eigenvalue weighted by Gasteiger charge is 2.31. The van der Waals surface area contributed by atoms with E-state index in [0.29, 0.717) is 17.3 Å². The molecule has 2 heterocycles. The highest BCUT2D eigenvalue weighted by atomic mass is 32.2. The highest BCUT2D eigenvalue weighted by Crippen LogP contribution is 2.33. The van der Waals surface area contributed by atoms with Crippen LogP contribution >= 0.6 is 0 Å². The van der Waals surface area contributed by atoms with Crippen LogP contribution in [0.5, 0.6) is 5.75 Å². The van der Waals surface area contributed by atoms with Gasteiger partial charge < -0.3 is 14.6 Å². The topological polar surface area (TPSA) is 115 Å². The number of nitrogens with zero attached hydrogens (tertiary/aromatic N) is 3. The Morgan fingerprint density at radius 3 is 2.67 bits per heavy atom. The van der Waals surface area contributed by atoms with E-state index in [1.165, 1.54) is 4.31 Å². The van der Waals surface area contributed by atoms with Gasteiger partial charge in [0, 0.05) is 18.5 Å². The van der Waals surface area contributed by atoms with Crippen LogP contribution in [0.2, 0.25) is 0 Å². The summed E-state index contributed by atoms with van der Waals surface area (Å²) in [6.45, 7) is 0.169. The van der Waals surface area contributed by atoms with Gasteiger partial charge in [0.1, 0.15) is 5.75 Å². The minimum atomic E-state index is -3.50. The number of anilines is 1. The van der Waals surface area contributed by atoms with Crippen molar-refractivity contribution in [2.75, 3.05) is 17.1 Å². The Bertz CT molecular complexity index is 1150. The van der Waals surface area contributed by atoms with Crippen molar-refractivity contribution in [3.8, 4) is 17.1 Å². The van der Waals surface area contributed by atoms with Gasteiger partial charge >= 0.3 is 0 Å². The first-order valence-electron chi connectivity index (χ1n) is 9.31. The molecule has 1 aliphatic rings. The maximum absolute atomic E-state index is 12.7. The van der Waals surface area contributed by atoms with Crippen LogP contribution < -0.4 is 14.4 Å². The Hall–Kier alpha value is -3.40. The molecule has 1 aromatic heterocycles. The lowest BCUT2D eigenvalue weighted by Gasteiger charge is -2.20. The molecule has 1 amide bonds. The van der Waals surface area contributed by atoms with Crippen molar-refractivity contribution in [2.24, 2.45) is 0 Å². The number of sulfonamides is 1. The average molecular weight is 428 g/mol. The van der Waals surface area contributed by atoms with Crippen molar-refractivity contribution in [1.82, 2.24) is 15.5 Å². The minimum absolute atomic E-state index is 0.0377. The van der Waals surface area contributed by atoms with Crippen LogP contribution in [0, 0.1) is 0 Å². The monoisotopic (exact) mass is 428 g/mol. The van der Waals surface area contributed by atoms with E-state index in [1.807, 2.05) is 30.3 Å². The Morgan fingerprint density at radius 1 is 1.17 bits per heavy atom. The molecule has 30 heavy (non-hydrogen) atoms. The predicted molar refractivity (Wildman–Crippen MR) is 109 cm³/mol. The molecule has 1 aliphatic heterocycles. The molecule has 0 bridgehead atoms. The molecule has 3 aromatic rings. The fourth-order valence-electron chi connectivity index (χ4n) is 3.17. The summed E-state index contributed by atoms with van der Waals surface area (Å²) in [5.74, 6) is 0.640. The molecule has 0 radical (unpaired) electrons. The second-order valence-electron chi connectivity index (χ2n) is 6.79. The van der Waals surface area contributed by atoms with Gasteiger partial charge in [0.25, 0.3) is 5.91 Å². The number of benzene rings is 2. The Labute approximate surface area is 173 Å². The third kappa shape index (κ3) is 4.28. The van der Waals surface area contributed by atoms with Gasteiger partial charge in [0.2, 0.25) is 21.7 Å². The summed E-state index contributed by atoms with van der Waals surface area (Å²) in [6, 6.07) is 16.1. The average Bonchev–Trinajstić information content (AvgIpc) is 3.11. The van der Waals surface area contributed by atoms with Crippen molar-refractivity contribution in [3.63, 3.8) is 0 Å². The van der Waals surface area contributed by atoms with E-state index in [9.17, 15) is 13.2 Å². The number of ether oxygens (including phenoxy) is 1. The quantitative estimate of drug-likeness (QED) is 0.661. The van der Waals surface area contributed by atoms with E-state index >= 15 is 0 Å². The van der Waals surface area contributed by atoms with Gasteiger partial charge in [0.15, 0.2) is 6.10 Å². The van der Waals surface area contributed by atoms with E-state index in [1.54, 1.807) is 24.3 Å². The number of carbonyl (C=O) groups excluding carboxylic acids is 1. The Balaban J connectivity index is 1.44. The first-order chi connectivity index (χ1) is 14.4. The standard InChI is InChI=1S/C20H20N4O5S/c1-30(26,27)24-12-11-17(28-16-10-6-5-9-15(16)24)20(25)21-13-18-22-19(23-29-18)14-7-3-2-4-8-14/h2-10,17H,11-13H2,1H3,(H,21,25). The third-order valence-corrected chi connectivity index (χ3v) is 5.78. The van der Waals surface area contributed by atoms with E-state index in [2.05, 4.69) is 15.5 Å². The zero-order valence-electron chi connectivity index (χ0n) is 16.2. The van der Waals surface area contributed by atoms with E-state index in [-0.39, 0.29) is 31.3 Å². The largest absolute Gasteiger partial charge is 0.478 e. The first kappa shape index (κ1) is 19.9. The molecule has 0 spiro atoms. The van der Waals surface area contributed by atoms with Gasteiger partial charge in [0.05, 0.1) is 18.5 Å². The van der Waals surface area contributed by atoms with Gasteiger partial charge in [-0.05, 0) is 12.1 Å². The predicted octanol–water partition coefficient (Wildman–Crippen LogP) is 1.97. The maximum Gasteiger partial charge on any atom is 0.261 e. The third-order valence-electron chi connectivity index (χ3n) is 4.60. The van der Waals surface area contributed by atoms with E-state index in [4.69, 9.17) is 9.26 Å². The number of rotatable bonds is 5. The molecule has 156 valence electrons. The van der Waals surface area contributed by atoms with Gasteiger partial charge in [-0.25, -0.2) is 8.42 Å². The fraction of sp³-hybridized carbons (Fsp3) is 0.250. The van der Waals surface area contributed by atoms with Crippen molar-refractivity contribution >= 4 is 21.6 Å². The molecule has 2 aromatic carbocycles. The van der Waals surface area contributed by atoms with Gasteiger partial charge in [-0.1, -0.05) is 47.6 Å². The molecule has 1 atom stereocenters. The fourth-order valence-corrected chi connectivity index (χ4v) is 4.11. The van der Waals surface area contributed by atoms with Crippen LogP contribution in [0.1, 0.15) is 12.3 Å². The number of amides is 1. The first-order valence-corrected chi connectivity index (χ1v) is 11.2. The smallest absolute Gasteiger partial charge is 0.261 e. The lowest BCUT2D eigenvalue weighted by molar-refractivity contribution is -0.128. The summed E-state index contributed by atoms with van der Waals surface area (Å²) in [5.41, 5.74) is 1.23. The summed E-state index contributed by atoms with van der Waals surface area (Å²) < 4.78 is 36.6. The van der Waals surface area contributed by atoms with E-state index in [0.717, 1.165) is 11.8 Å². The Morgan fingerprint density at radius 2 is 1.90 bits per heavy atom. The van der Waals surface area contributed by atoms with Crippen molar-refractivity contribution in [2.45, 2.75) is 19.1 Å².